The van der Waals surface area contributed by atoms with Crippen molar-refractivity contribution in [2.75, 3.05) is 26.8 Å². The monoisotopic (exact) mass is 319 g/mol. The minimum atomic E-state index is -0.959. The molecule has 1 aliphatic rings. The van der Waals surface area contributed by atoms with Crippen LogP contribution in [0.1, 0.15) is 37.7 Å². The molecule has 0 aliphatic carbocycles. The number of carbonyl (C=O) groups excluding carboxylic acids is 1. The van der Waals surface area contributed by atoms with Crippen LogP contribution < -0.4 is 0 Å². The largest absolute Gasteiger partial charge is 0.481 e. The fourth-order valence-corrected chi connectivity index (χ4v) is 3.28. The summed E-state index contributed by atoms with van der Waals surface area (Å²) in [5.74, 6) is -0.685. The smallest absolute Gasteiger partial charge is 0.313 e. The molecule has 2 atom stereocenters. The maximum absolute atomic E-state index is 12.6. The number of methoxy groups -OCH3 is 1. The molecule has 2 rings (SSSR count). The van der Waals surface area contributed by atoms with Crippen molar-refractivity contribution in [3.8, 4) is 0 Å². The van der Waals surface area contributed by atoms with Gasteiger partial charge in [-0.2, -0.15) is 0 Å². The van der Waals surface area contributed by atoms with E-state index in [1.54, 1.807) is 4.90 Å². The highest BCUT2D eigenvalue weighted by atomic mass is 16.5. The summed E-state index contributed by atoms with van der Waals surface area (Å²) in [6.07, 6.45) is 1.75. The van der Waals surface area contributed by atoms with Crippen molar-refractivity contribution in [1.82, 2.24) is 4.90 Å². The first kappa shape index (κ1) is 17.5. The Morgan fingerprint density at radius 2 is 2.04 bits per heavy atom. The molecule has 1 fully saturated rings. The molecule has 0 bridgehead atoms. The Morgan fingerprint density at radius 3 is 2.61 bits per heavy atom. The number of hydrogen-bond acceptors (Lipinski definition) is 3. The van der Waals surface area contributed by atoms with Gasteiger partial charge in [0.1, 0.15) is 5.41 Å². The van der Waals surface area contributed by atoms with E-state index in [-0.39, 0.29) is 25.0 Å². The van der Waals surface area contributed by atoms with E-state index >= 15 is 0 Å². The number of benzene rings is 1. The summed E-state index contributed by atoms with van der Waals surface area (Å²) < 4.78 is 5.07. The Bertz CT molecular complexity index is 545. The van der Waals surface area contributed by atoms with Crippen molar-refractivity contribution in [2.24, 2.45) is 5.41 Å². The number of carbonyl (C=O) groups is 2. The number of aliphatic carboxylic acids is 1. The highest BCUT2D eigenvalue weighted by molar-refractivity contribution is 5.81. The lowest BCUT2D eigenvalue weighted by Crippen LogP contribution is -2.40. The van der Waals surface area contributed by atoms with Crippen molar-refractivity contribution in [3.05, 3.63) is 35.9 Å². The summed E-state index contributed by atoms with van der Waals surface area (Å²) in [7, 11) is 1.50. The van der Waals surface area contributed by atoms with Gasteiger partial charge in [-0.3, -0.25) is 9.59 Å². The van der Waals surface area contributed by atoms with Gasteiger partial charge in [-0.25, -0.2) is 0 Å². The number of carboxylic acid groups (broad SMARTS) is 1. The van der Waals surface area contributed by atoms with Crippen LogP contribution in [0.15, 0.2) is 30.3 Å². The minimum absolute atomic E-state index is 0.0277. The second-order valence-electron chi connectivity index (χ2n) is 6.30. The van der Waals surface area contributed by atoms with Crippen molar-refractivity contribution in [1.29, 1.82) is 0 Å². The third kappa shape index (κ3) is 3.91. The summed E-state index contributed by atoms with van der Waals surface area (Å²) in [5.41, 5.74) is 0.197. The first-order valence-electron chi connectivity index (χ1n) is 8.07. The quantitative estimate of drug-likeness (QED) is 0.838. The zero-order chi connectivity index (χ0) is 16.9. The molecule has 0 aromatic heterocycles. The minimum Gasteiger partial charge on any atom is -0.481 e. The zero-order valence-electron chi connectivity index (χ0n) is 13.8. The van der Waals surface area contributed by atoms with E-state index in [2.05, 4.69) is 6.92 Å². The molecule has 0 spiro atoms. The second kappa shape index (κ2) is 7.59. The van der Waals surface area contributed by atoms with Crippen LogP contribution in [0, 0.1) is 5.41 Å². The van der Waals surface area contributed by atoms with E-state index in [0.717, 1.165) is 12.0 Å². The summed E-state index contributed by atoms with van der Waals surface area (Å²) in [6, 6.07) is 10.00. The second-order valence-corrected chi connectivity index (χ2v) is 6.30. The van der Waals surface area contributed by atoms with Gasteiger partial charge in [0.05, 0.1) is 6.61 Å². The average molecular weight is 319 g/mol. The summed E-state index contributed by atoms with van der Waals surface area (Å²) in [5, 5.41) is 9.48. The van der Waals surface area contributed by atoms with Crippen LogP contribution in [0.5, 0.6) is 0 Å². The third-order valence-electron chi connectivity index (χ3n) is 4.77. The number of carboxylic acids is 1. The van der Waals surface area contributed by atoms with Gasteiger partial charge < -0.3 is 14.7 Å². The first-order valence-corrected chi connectivity index (χ1v) is 8.07. The van der Waals surface area contributed by atoms with Gasteiger partial charge in [0.2, 0.25) is 5.91 Å². The van der Waals surface area contributed by atoms with Crippen molar-refractivity contribution in [3.63, 3.8) is 0 Å². The molecule has 2 unspecified atom stereocenters. The molecule has 126 valence electrons. The Hall–Kier alpha value is -1.88. The van der Waals surface area contributed by atoms with Crippen LogP contribution in [0.25, 0.3) is 0 Å². The molecule has 5 nitrogen and oxygen atoms in total. The van der Waals surface area contributed by atoms with E-state index in [1.165, 1.54) is 7.11 Å². The molecule has 1 N–H and O–H groups in total. The number of nitrogens with zero attached hydrogens (tertiary/aromatic N) is 1. The lowest BCUT2D eigenvalue weighted by Gasteiger charge is -2.25. The number of ether oxygens (including phenoxy) is 1. The molecule has 1 amide bonds. The van der Waals surface area contributed by atoms with Crippen LogP contribution in [0.3, 0.4) is 0 Å². The van der Waals surface area contributed by atoms with E-state index < -0.39 is 11.4 Å². The topological polar surface area (TPSA) is 66.8 Å². The fraction of sp³-hybridized carbons (Fsp3) is 0.556. The molecule has 1 aromatic rings. The van der Waals surface area contributed by atoms with E-state index in [9.17, 15) is 14.7 Å². The number of rotatable bonds is 7. The SMILES string of the molecule is CCC(CC(=O)N1CCC(COC)(C(=O)O)C1)c1ccccc1. The highest BCUT2D eigenvalue weighted by Gasteiger charge is 2.46. The molecular formula is C18H25NO4. The average Bonchev–Trinajstić information content (AvgIpc) is 2.99. The lowest BCUT2D eigenvalue weighted by atomic mass is 9.88. The van der Waals surface area contributed by atoms with Gasteiger partial charge >= 0.3 is 5.97 Å². The van der Waals surface area contributed by atoms with Gasteiger partial charge in [-0.05, 0) is 24.3 Å². The Kier molecular flexibility index (Phi) is 5.77. The summed E-state index contributed by atoms with van der Waals surface area (Å²) >= 11 is 0. The predicted octanol–water partition coefficient (Wildman–Crippen LogP) is 2.52. The maximum Gasteiger partial charge on any atom is 0.313 e. The first-order chi connectivity index (χ1) is 11.0. The van der Waals surface area contributed by atoms with E-state index in [1.807, 2.05) is 30.3 Å². The predicted molar refractivity (Wildman–Crippen MR) is 87.2 cm³/mol. The van der Waals surface area contributed by atoms with Gasteiger partial charge in [-0.15, -0.1) is 0 Å². The Balaban J connectivity index is 2.02. The molecule has 1 heterocycles. The van der Waals surface area contributed by atoms with Gasteiger partial charge in [0, 0.05) is 26.6 Å². The van der Waals surface area contributed by atoms with E-state index in [4.69, 9.17) is 4.74 Å². The molecule has 23 heavy (non-hydrogen) atoms. The summed E-state index contributed by atoms with van der Waals surface area (Å²) in [6.45, 7) is 2.93. The Labute approximate surface area is 137 Å². The van der Waals surface area contributed by atoms with Crippen LogP contribution in [-0.4, -0.2) is 48.7 Å². The molecule has 0 saturated carbocycles. The van der Waals surface area contributed by atoms with Gasteiger partial charge in [0.15, 0.2) is 0 Å². The zero-order valence-corrected chi connectivity index (χ0v) is 13.8. The highest BCUT2D eigenvalue weighted by Crippen LogP contribution is 2.33. The molecule has 1 aliphatic heterocycles. The van der Waals surface area contributed by atoms with Crippen LogP contribution in [0.4, 0.5) is 0 Å². The van der Waals surface area contributed by atoms with E-state index in [0.29, 0.717) is 19.4 Å². The van der Waals surface area contributed by atoms with Gasteiger partial charge in [-0.1, -0.05) is 37.3 Å². The molecule has 0 radical (unpaired) electrons. The van der Waals surface area contributed by atoms with Gasteiger partial charge in [0.25, 0.3) is 0 Å². The number of likely N-dealkylation sites (tertiary alicyclic amines) is 1. The molecule has 1 saturated heterocycles. The lowest BCUT2D eigenvalue weighted by molar-refractivity contribution is -0.151. The van der Waals surface area contributed by atoms with Crippen LogP contribution in [0.2, 0.25) is 0 Å². The molecular weight excluding hydrogens is 294 g/mol. The Morgan fingerprint density at radius 1 is 1.35 bits per heavy atom. The van der Waals surface area contributed by atoms with Crippen molar-refractivity contribution < 1.29 is 19.4 Å². The van der Waals surface area contributed by atoms with Crippen molar-refractivity contribution in [2.45, 2.75) is 32.1 Å². The number of hydrogen-bond donors (Lipinski definition) is 1. The standard InChI is InChI=1S/C18H25NO4/c1-3-14(15-7-5-4-6-8-15)11-16(20)19-10-9-18(12-19,13-23-2)17(21)22/h4-8,14H,3,9-13H2,1-2H3,(H,21,22). The molecule has 1 aromatic carbocycles. The van der Waals surface area contributed by atoms with Crippen LogP contribution in [-0.2, 0) is 14.3 Å². The fourth-order valence-electron chi connectivity index (χ4n) is 3.28. The maximum atomic E-state index is 12.6. The molecule has 5 heteroatoms. The number of amides is 1. The third-order valence-corrected chi connectivity index (χ3v) is 4.77. The van der Waals surface area contributed by atoms with Crippen LogP contribution >= 0.6 is 0 Å². The normalized spacial score (nSPS) is 22.1. The van der Waals surface area contributed by atoms with Crippen molar-refractivity contribution >= 4 is 11.9 Å². The summed E-state index contributed by atoms with van der Waals surface area (Å²) in [4.78, 5) is 25.8.